The number of ether oxygens (including phenoxy) is 1. The molecule has 22 heavy (non-hydrogen) atoms. The Kier molecular flexibility index (Phi) is 4.84. The van der Waals surface area contributed by atoms with Crippen LogP contribution in [0.1, 0.15) is 30.6 Å². The fourth-order valence-electron chi connectivity index (χ4n) is 2.39. The van der Waals surface area contributed by atoms with E-state index in [9.17, 15) is 21.6 Å². The summed E-state index contributed by atoms with van der Waals surface area (Å²) in [5.74, 6) is 0.0500. The molecule has 1 aliphatic rings. The number of halogens is 3. The molecule has 3 atom stereocenters. The first kappa shape index (κ1) is 17.2. The summed E-state index contributed by atoms with van der Waals surface area (Å²) >= 11 is 0. The third-order valence-electron chi connectivity index (χ3n) is 3.62. The topological polar surface area (TPSA) is 52.6 Å². The smallest absolute Gasteiger partial charge is 0.368 e. The Morgan fingerprint density at radius 3 is 2.36 bits per heavy atom. The Balaban J connectivity index is 2.02. The van der Waals surface area contributed by atoms with Crippen LogP contribution in [0.3, 0.4) is 0 Å². The summed E-state index contributed by atoms with van der Waals surface area (Å²) in [6.45, 7) is 1.80. The molecule has 1 heterocycles. The van der Waals surface area contributed by atoms with Crippen LogP contribution in [-0.2, 0) is 25.2 Å². The summed E-state index contributed by atoms with van der Waals surface area (Å²) in [6.07, 6.45) is -3.57. The molecule has 1 aliphatic heterocycles. The highest BCUT2D eigenvalue weighted by molar-refractivity contribution is 7.85. The zero-order chi connectivity index (χ0) is 16.5. The van der Waals surface area contributed by atoms with Gasteiger partial charge in [0.2, 0.25) is 0 Å². The van der Waals surface area contributed by atoms with Gasteiger partial charge in [0.15, 0.2) is 0 Å². The molecule has 0 amide bonds. The summed E-state index contributed by atoms with van der Waals surface area (Å²) in [5.41, 5.74) is -0.0686. The van der Waals surface area contributed by atoms with Gasteiger partial charge in [0, 0.05) is 0 Å². The molecule has 0 aliphatic carbocycles. The average Bonchev–Trinajstić information content (AvgIpc) is 2.76. The van der Waals surface area contributed by atoms with Gasteiger partial charge in [-0.1, -0.05) is 19.1 Å². The van der Waals surface area contributed by atoms with E-state index in [0.29, 0.717) is 12.0 Å². The fourth-order valence-corrected chi connectivity index (χ4v) is 2.77. The molecule has 2 rings (SSSR count). The lowest BCUT2D eigenvalue weighted by atomic mass is 9.98. The Morgan fingerprint density at radius 2 is 1.86 bits per heavy atom. The molecule has 0 saturated carbocycles. The standard InChI is InChI=1S/C14H17F3O4S/c1-9-7-12(21-13(9)8-20-22(2,18)19)10-3-5-11(6-4-10)14(15,16)17/h3-6,9,12-13H,7-8H2,1-2H3/t9-,12+,13+/m0/s1. The van der Waals surface area contributed by atoms with Gasteiger partial charge in [-0.3, -0.25) is 4.18 Å². The second-order valence-corrected chi connectivity index (χ2v) is 7.13. The molecule has 4 nitrogen and oxygen atoms in total. The van der Waals surface area contributed by atoms with Crippen molar-refractivity contribution in [3.8, 4) is 0 Å². The number of hydrogen-bond donors (Lipinski definition) is 0. The van der Waals surface area contributed by atoms with Gasteiger partial charge in [0.25, 0.3) is 10.1 Å². The van der Waals surface area contributed by atoms with Crippen molar-refractivity contribution in [1.29, 1.82) is 0 Å². The monoisotopic (exact) mass is 338 g/mol. The van der Waals surface area contributed by atoms with Crippen LogP contribution < -0.4 is 0 Å². The first-order valence-corrected chi connectivity index (χ1v) is 8.55. The maximum atomic E-state index is 12.5. The third kappa shape index (κ3) is 4.44. The van der Waals surface area contributed by atoms with Crippen molar-refractivity contribution in [2.24, 2.45) is 5.92 Å². The Morgan fingerprint density at radius 1 is 1.27 bits per heavy atom. The first-order chi connectivity index (χ1) is 10.1. The van der Waals surface area contributed by atoms with E-state index in [2.05, 4.69) is 0 Å². The van der Waals surface area contributed by atoms with Crippen LogP contribution in [-0.4, -0.2) is 27.4 Å². The molecule has 0 spiro atoms. The summed E-state index contributed by atoms with van der Waals surface area (Å²) in [7, 11) is -3.54. The van der Waals surface area contributed by atoms with Crippen molar-refractivity contribution in [2.75, 3.05) is 12.9 Å². The molecule has 0 unspecified atom stereocenters. The lowest BCUT2D eigenvalue weighted by Gasteiger charge is -2.15. The third-order valence-corrected chi connectivity index (χ3v) is 4.18. The van der Waals surface area contributed by atoms with Gasteiger partial charge in [0.1, 0.15) is 0 Å². The highest BCUT2D eigenvalue weighted by Crippen LogP contribution is 2.38. The van der Waals surface area contributed by atoms with Crippen LogP contribution in [0.15, 0.2) is 24.3 Å². The minimum atomic E-state index is -4.37. The molecule has 0 N–H and O–H groups in total. The van der Waals surface area contributed by atoms with E-state index < -0.39 is 28.0 Å². The molecule has 1 saturated heterocycles. The van der Waals surface area contributed by atoms with Crippen LogP contribution in [0.5, 0.6) is 0 Å². The van der Waals surface area contributed by atoms with Gasteiger partial charge in [-0.05, 0) is 30.0 Å². The van der Waals surface area contributed by atoms with Crippen LogP contribution >= 0.6 is 0 Å². The van der Waals surface area contributed by atoms with E-state index in [0.717, 1.165) is 18.4 Å². The number of alkyl halides is 3. The lowest BCUT2D eigenvalue weighted by Crippen LogP contribution is -2.22. The van der Waals surface area contributed by atoms with Gasteiger partial charge in [-0.15, -0.1) is 0 Å². The number of hydrogen-bond acceptors (Lipinski definition) is 4. The molecule has 1 aromatic carbocycles. The predicted molar refractivity (Wildman–Crippen MR) is 73.6 cm³/mol. The molecule has 1 aromatic rings. The molecule has 124 valence electrons. The van der Waals surface area contributed by atoms with Gasteiger partial charge < -0.3 is 4.74 Å². The van der Waals surface area contributed by atoms with E-state index in [-0.39, 0.29) is 18.6 Å². The summed E-state index contributed by atoms with van der Waals surface area (Å²) in [6, 6.07) is 4.81. The van der Waals surface area contributed by atoms with Crippen molar-refractivity contribution < 1.29 is 30.5 Å². The van der Waals surface area contributed by atoms with Crippen LogP contribution in [0.25, 0.3) is 0 Å². The van der Waals surface area contributed by atoms with Gasteiger partial charge >= 0.3 is 6.18 Å². The molecule has 0 aromatic heterocycles. The second kappa shape index (κ2) is 6.17. The predicted octanol–water partition coefficient (Wildman–Crippen LogP) is 3.15. The molecular weight excluding hydrogens is 321 g/mol. The molecule has 0 bridgehead atoms. The number of rotatable bonds is 4. The summed E-state index contributed by atoms with van der Waals surface area (Å²) in [4.78, 5) is 0. The van der Waals surface area contributed by atoms with Gasteiger partial charge in [0.05, 0.1) is 30.6 Å². The van der Waals surface area contributed by atoms with E-state index in [1.54, 1.807) is 0 Å². The first-order valence-electron chi connectivity index (χ1n) is 6.73. The van der Waals surface area contributed by atoms with E-state index in [4.69, 9.17) is 8.92 Å². The number of benzene rings is 1. The fraction of sp³-hybridized carbons (Fsp3) is 0.571. The van der Waals surface area contributed by atoms with Crippen LogP contribution in [0.2, 0.25) is 0 Å². The Hall–Kier alpha value is -1.12. The van der Waals surface area contributed by atoms with Gasteiger partial charge in [-0.2, -0.15) is 21.6 Å². The minimum Gasteiger partial charge on any atom is -0.368 e. The zero-order valence-electron chi connectivity index (χ0n) is 12.1. The van der Waals surface area contributed by atoms with E-state index in [1.165, 1.54) is 12.1 Å². The van der Waals surface area contributed by atoms with Crippen LogP contribution in [0, 0.1) is 5.92 Å². The molecule has 1 fully saturated rings. The second-order valence-electron chi connectivity index (χ2n) is 5.48. The highest BCUT2D eigenvalue weighted by Gasteiger charge is 2.35. The molecular formula is C14H17F3O4S. The average molecular weight is 338 g/mol. The van der Waals surface area contributed by atoms with Crippen LogP contribution in [0.4, 0.5) is 13.2 Å². The highest BCUT2D eigenvalue weighted by atomic mass is 32.2. The molecule has 8 heteroatoms. The SMILES string of the molecule is C[C@H]1C[C@H](c2ccc(C(F)(F)F)cc2)O[C@@H]1COS(C)(=O)=O. The Bertz CT molecular complexity index is 610. The minimum absolute atomic E-state index is 0.0500. The quantitative estimate of drug-likeness (QED) is 0.792. The lowest BCUT2D eigenvalue weighted by molar-refractivity contribution is -0.137. The maximum Gasteiger partial charge on any atom is 0.416 e. The molecule has 0 radical (unpaired) electrons. The van der Waals surface area contributed by atoms with Crippen molar-refractivity contribution in [2.45, 2.75) is 31.7 Å². The van der Waals surface area contributed by atoms with Crippen molar-refractivity contribution in [3.05, 3.63) is 35.4 Å². The zero-order valence-corrected chi connectivity index (χ0v) is 12.9. The van der Waals surface area contributed by atoms with Crippen molar-refractivity contribution in [1.82, 2.24) is 0 Å². The normalized spacial score (nSPS) is 26.3. The van der Waals surface area contributed by atoms with Crippen molar-refractivity contribution in [3.63, 3.8) is 0 Å². The Labute approximate surface area is 127 Å². The largest absolute Gasteiger partial charge is 0.416 e. The summed E-state index contributed by atoms with van der Waals surface area (Å²) < 4.78 is 70.0. The van der Waals surface area contributed by atoms with Gasteiger partial charge in [-0.25, -0.2) is 0 Å². The van der Waals surface area contributed by atoms with E-state index in [1.807, 2.05) is 6.92 Å². The van der Waals surface area contributed by atoms with E-state index >= 15 is 0 Å². The maximum absolute atomic E-state index is 12.5. The summed E-state index contributed by atoms with van der Waals surface area (Å²) in [5, 5.41) is 0. The van der Waals surface area contributed by atoms with Crippen molar-refractivity contribution >= 4 is 10.1 Å².